The highest BCUT2D eigenvalue weighted by molar-refractivity contribution is 5.62. The maximum Gasteiger partial charge on any atom is 0.295 e. The van der Waals surface area contributed by atoms with E-state index in [0.717, 1.165) is 11.8 Å². The number of nitro groups is 1. The van der Waals surface area contributed by atoms with Crippen molar-refractivity contribution in [1.29, 1.82) is 0 Å². The number of nitrogens with zero attached hydrogens (tertiary/aromatic N) is 3. The van der Waals surface area contributed by atoms with E-state index < -0.39 is 10.7 Å². The molecule has 1 aromatic carbocycles. The minimum absolute atomic E-state index is 0.228. The van der Waals surface area contributed by atoms with Crippen molar-refractivity contribution < 1.29 is 9.31 Å². The lowest BCUT2D eigenvalue weighted by Gasteiger charge is -2.18. The van der Waals surface area contributed by atoms with E-state index >= 15 is 0 Å². The third-order valence-corrected chi connectivity index (χ3v) is 2.97. The van der Waals surface area contributed by atoms with E-state index in [-0.39, 0.29) is 5.69 Å². The molecule has 1 heterocycles. The van der Waals surface area contributed by atoms with Crippen molar-refractivity contribution in [2.75, 3.05) is 18.5 Å². The molecule has 2 aromatic rings. The number of halogens is 1. The second kappa shape index (κ2) is 6.10. The van der Waals surface area contributed by atoms with E-state index in [9.17, 15) is 14.5 Å². The zero-order chi connectivity index (χ0) is 14.5. The molecule has 0 spiro atoms. The molecule has 0 aliphatic heterocycles. The molecule has 0 amide bonds. The number of benzene rings is 1. The summed E-state index contributed by atoms with van der Waals surface area (Å²) in [4.78, 5) is 16.3. The van der Waals surface area contributed by atoms with E-state index in [0.29, 0.717) is 18.7 Å². The number of anilines is 1. The van der Waals surface area contributed by atoms with Crippen LogP contribution < -0.4 is 4.90 Å². The summed E-state index contributed by atoms with van der Waals surface area (Å²) < 4.78 is 13.1. The summed E-state index contributed by atoms with van der Waals surface area (Å²) in [6.45, 7) is 0.559. The molecule has 1 aromatic heterocycles. The highest BCUT2D eigenvalue weighted by Gasteiger charge is 2.18. The molecule has 20 heavy (non-hydrogen) atoms. The number of likely N-dealkylation sites (N-methyl/N-ethyl adjacent to an activating group) is 1. The van der Waals surface area contributed by atoms with Crippen LogP contribution in [0.4, 0.5) is 15.8 Å². The molecule has 0 unspecified atom stereocenters. The zero-order valence-electron chi connectivity index (χ0n) is 11.0. The normalized spacial score (nSPS) is 10.3. The van der Waals surface area contributed by atoms with E-state index in [1.54, 1.807) is 18.1 Å². The number of pyridine rings is 1. The quantitative estimate of drug-likeness (QED) is 0.622. The molecule has 0 atom stereocenters. The first-order chi connectivity index (χ1) is 9.58. The van der Waals surface area contributed by atoms with Gasteiger partial charge in [-0.25, -0.2) is 4.39 Å². The van der Waals surface area contributed by atoms with Crippen LogP contribution in [0.25, 0.3) is 0 Å². The number of nitro benzene ring substituents is 1. The molecule has 6 heteroatoms. The minimum Gasteiger partial charge on any atom is -0.369 e. The molecule has 104 valence electrons. The summed E-state index contributed by atoms with van der Waals surface area (Å²) >= 11 is 0. The minimum atomic E-state index is -0.612. The van der Waals surface area contributed by atoms with Crippen LogP contribution in [0.1, 0.15) is 5.69 Å². The number of aromatic nitrogens is 1. The Kier molecular flexibility index (Phi) is 4.24. The second-order valence-electron chi connectivity index (χ2n) is 4.38. The van der Waals surface area contributed by atoms with Gasteiger partial charge in [0.05, 0.1) is 11.0 Å². The van der Waals surface area contributed by atoms with Crippen LogP contribution in [0.3, 0.4) is 0 Å². The van der Waals surface area contributed by atoms with Crippen LogP contribution in [-0.4, -0.2) is 23.5 Å². The average molecular weight is 275 g/mol. The van der Waals surface area contributed by atoms with Gasteiger partial charge in [-0.3, -0.25) is 15.1 Å². The third-order valence-electron chi connectivity index (χ3n) is 2.97. The summed E-state index contributed by atoms with van der Waals surface area (Å²) in [5.41, 5.74) is 1.07. The molecular weight excluding hydrogens is 261 g/mol. The Morgan fingerprint density at radius 2 is 2.15 bits per heavy atom. The van der Waals surface area contributed by atoms with Crippen molar-refractivity contribution in [2.24, 2.45) is 0 Å². The lowest BCUT2D eigenvalue weighted by molar-refractivity contribution is -0.384. The molecule has 2 rings (SSSR count). The van der Waals surface area contributed by atoms with E-state index in [4.69, 9.17) is 0 Å². The summed E-state index contributed by atoms with van der Waals surface area (Å²) in [5, 5.41) is 11.0. The van der Waals surface area contributed by atoms with Gasteiger partial charge < -0.3 is 4.90 Å². The highest BCUT2D eigenvalue weighted by Crippen LogP contribution is 2.27. The molecule has 0 fully saturated rings. The van der Waals surface area contributed by atoms with Gasteiger partial charge in [0, 0.05) is 31.9 Å². The van der Waals surface area contributed by atoms with Crippen molar-refractivity contribution in [3.05, 3.63) is 64.2 Å². The van der Waals surface area contributed by atoms with Gasteiger partial charge in [0.25, 0.3) is 5.69 Å². The van der Waals surface area contributed by atoms with E-state index in [1.165, 1.54) is 12.1 Å². The molecule has 0 saturated carbocycles. The molecular formula is C14H14FN3O2. The van der Waals surface area contributed by atoms with Gasteiger partial charge >= 0.3 is 0 Å². The Balaban J connectivity index is 2.13. The fraction of sp³-hybridized carbons (Fsp3) is 0.214. The van der Waals surface area contributed by atoms with Gasteiger partial charge in [-0.1, -0.05) is 6.07 Å². The molecule has 0 radical (unpaired) electrons. The van der Waals surface area contributed by atoms with E-state index in [2.05, 4.69) is 4.98 Å². The van der Waals surface area contributed by atoms with Crippen molar-refractivity contribution in [3.8, 4) is 0 Å². The van der Waals surface area contributed by atoms with Crippen molar-refractivity contribution in [1.82, 2.24) is 4.98 Å². The van der Waals surface area contributed by atoms with Gasteiger partial charge in [-0.05, 0) is 24.3 Å². The number of hydrogen-bond acceptors (Lipinski definition) is 4. The molecule has 5 nitrogen and oxygen atoms in total. The molecule has 0 aliphatic rings. The molecule has 0 N–H and O–H groups in total. The van der Waals surface area contributed by atoms with Crippen LogP contribution in [0.5, 0.6) is 0 Å². The summed E-state index contributed by atoms with van der Waals surface area (Å²) in [7, 11) is 1.74. The summed E-state index contributed by atoms with van der Waals surface area (Å²) in [6.07, 6.45) is 2.36. The Hall–Kier alpha value is -2.50. The SMILES string of the molecule is CN(CCc1ccccn1)c1ccc(F)cc1[N+](=O)[O-]. The fourth-order valence-corrected chi connectivity index (χ4v) is 1.91. The Morgan fingerprint density at radius 3 is 2.80 bits per heavy atom. The molecule has 0 bridgehead atoms. The van der Waals surface area contributed by atoms with Gasteiger partial charge in [0.2, 0.25) is 0 Å². The lowest BCUT2D eigenvalue weighted by atomic mass is 10.2. The largest absolute Gasteiger partial charge is 0.369 e. The standard InChI is InChI=1S/C14H14FN3O2/c1-17(9-7-12-4-2-3-8-16-12)13-6-5-11(15)10-14(13)18(19)20/h2-6,8,10H,7,9H2,1H3. The van der Waals surface area contributed by atoms with Crippen LogP contribution in [0.15, 0.2) is 42.6 Å². The first-order valence-corrected chi connectivity index (χ1v) is 6.13. The summed E-state index contributed by atoms with van der Waals surface area (Å²) in [6, 6.07) is 9.20. The highest BCUT2D eigenvalue weighted by atomic mass is 19.1. The Labute approximate surface area is 115 Å². The van der Waals surface area contributed by atoms with Crippen LogP contribution >= 0.6 is 0 Å². The van der Waals surface area contributed by atoms with Gasteiger partial charge in [0.15, 0.2) is 0 Å². The van der Waals surface area contributed by atoms with Gasteiger partial charge in [-0.15, -0.1) is 0 Å². The molecule has 0 aliphatic carbocycles. The van der Waals surface area contributed by atoms with Crippen molar-refractivity contribution >= 4 is 11.4 Å². The zero-order valence-corrected chi connectivity index (χ0v) is 11.0. The molecule has 0 saturated heterocycles. The van der Waals surface area contributed by atoms with Crippen LogP contribution in [0.2, 0.25) is 0 Å². The van der Waals surface area contributed by atoms with Crippen molar-refractivity contribution in [3.63, 3.8) is 0 Å². The summed E-state index contributed by atoms with van der Waals surface area (Å²) in [5.74, 6) is -0.612. The second-order valence-corrected chi connectivity index (χ2v) is 4.38. The first-order valence-electron chi connectivity index (χ1n) is 6.13. The maximum absolute atomic E-state index is 13.1. The smallest absolute Gasteiger partial charge is 0.295 e. The maximum atomic E-state index is 13.1. The Morgan fingerprint density at radius 1 is 1.35 bits per heavy atom. The van der Waals surface area contributed by atoms with Crippen LogP contribution in [-0.2, 0) is 6.42 Å². The number of rotatable bonds is 5. The third kappa shape index (κ3) is 3.28. The van der Waals surface area contributed by atoms with Gasteiger partial charge in [0.1, 0.15) is 11.5 Å². The Bertz CT molecular complexity index is 605. The predicted octanol–water partition coefficient (Wildman–Crippen LogP) is 2.81. The topological polar surface area (TPSA) is 59.3 Å². The van der Waals surface area contributed by atoms with Crippen LogP contribution in [0, 0.1) is 15.9 Å². The lowest BCUT2D eigenvalue weighted by Crippen LogP contribution is -2.21. The average Bonchev–Trinajstić information content (AvgIpc) is 2.45. The predicted molar refractivity (Wildman–Crippen MR) is 74.3 cm³/mol. The monoisotopic (exact) mass is 275 g/mol. The van der Waals surface area contributed by atoms with Crippen molar-refractivity contribution in [2.45, 2.75) is 6.42 Å². The fourth-order valence-electron chi connectivity index (χ4n) is 1.91. The van der Waals surface area contributed by atoms with E-state index in [1.807, 2.05) is 18.2 Å². The number of hydrogen-bond donors (Lipinski definition) is 0. The first kappa shape index (κ1) is 13.9. The van der Waals surface area contributed by atoms with Gasteiger partial charge in [-0.2, -0.15) is 0 Å².